The third-order valence-corrected chi connectivity index (χ3v) is 3.99. The van der Waals surface area contributed by atoms with E-state index in [2.05, 4.69) is 12.2 Å². The molecule has 2 N–H and O–H groups in total. The van der Waals surface area contributed by atoms with Gasteiger partial charge in [-0.3, -0.25) is 9.59 Å². The first-order valence-electron chi connectivity index (χ1n) is 8.54. The summed E-state index contributed by atoms with van der Waals surface area (Å²) in [5.74, 6) is -0.736. The summed E-state index contributed by atoms with van der Waals surface area (Å²) in [5.41, 5.74) is 1.60. The number of anilines is 1. The zero-order valence-electron chi connectivity index (χ0n) is 14.6. The fraction of sp³-hybridized carbons (Fsp3) is 0.300. The van der Waals surface area contributed by atoms with Crippen LogP contribution in [0.4, 0.5) is 5.69 Å². The van der Waals surface area contributed by atoms with Gasteiger partial charge in [-0.05, 0) is 42.3 Å². The summed E-state index contributed by atoms with van der Waals surface area (Å²) in [7, 11) is 0. The van der Waals surface area contributed by atoms with Gasteiger partial charge in [-0.25, -0.2) is 0 Å². The maximum Gasteiger partial charge on any atom is 0.307 e. The van der Waals surface area contributed by atoms with Crippen molar-refractivity contribution in [3.8, 4) is 5.75 Å². The van der Waals surface area contributed by atoms with Crippen LogP contribution in [0.5, 0.6) is 5.75 Å². The predicted molar refractivity (Wildman–Crippen MR) is 102 cm³/mol. The molecule has 0 unspecified atom stereocenters. The summed E-state index contributed by atoms with van der Waals surface area (Å²) in [6.45, 7) is 2.66. The lowest BCUT2D eigenvalue weighted by molar-refractivity contribution is -0.136. The molecule has 0 aliphatic rings. The Morgan fingerprint density at radius 2 is 1.85 bits per heavy atom. The zero-order valence-corrected chi connectivity index (χ0v) is 15.4. The topological polar surface area (TPSA) is 75.6 Å². The Labute approximate surface area is 157 Å². The van der Waals surface area contributed by atoms with Crippen LogP contribution in [-0.2, 0) is 11.2 Å². The summed E-state index contributed by atoms with van der Waals surface area (Å²) in [6.07, 6.45) is 3.02. The average molecular weight is 376 g/mol. The Morgan fingerprint density at radius 1 is 1.12 bits per heavy atom. The van der Waals surface area contributed by atoms with Crippen molar-refractivity contribution in [1.29, 1.82) is 0 Å². The molecule has 0 saturated carbocycles. The molecule has 0 fully saturated rings. The van der Waals surface area contributed by atoms with Gasteiger partial charge in [0, 0.05) is 10.7 Å². The largest absolute Gasteiger partial charge is 0.493 e. The van der Waals surface area contributed by atoms with Crippen molar-refractivity contribution in [1.82, 2.24) is 0 Å². The van der Waals surface area contributed by atoms with Crippen molar-refractivity contribution >= 4 is 29.2 Å². The van der Waals surface area contributed by atoms with E-state index in [1.54, 1.807) is 42.5 Å². The van der Waals surface area contributed by atoms with E-state index in [-0.39, 0.29) is 12.3 Å². The highest BCUT2D eigenvalue weighted by Gasteiger charge is 2.14. The molecule has 0 bridgehead atoms. The molecule has 2 aromatic rings. The molecule has 26 heavy (non-hydrogen) atoms. The Hall–Kier alpha value is -2.53. The van der Waals surface area contributed by atoms with Crippen LogP contribution in [0.2, 0.25) is 5.02 Å². The van der Waals surface area contributed by atoms with Crippen molar-refractivity contribution in [2.24, 2.45) is 0 Å². The zero-order chi connectivity index (χ0) is 18.9. The van der Waals surface area contributed by atoms with Crippen LogP contribution in [0.25, 0.3) is 0 Å². The molecule has 0 aliphatic carbocycles. The van der Waals surface area contributed by atoms with Gasteiger partial charge in [0.1, 0.15) is 5.75 Å². The molecule has 0 radical (unpaired) electrons. The van der Waals surface area contributed by atoms with Gasteiger partial charge >= 0.3 is 5.97 Å². The van der Waals surface area contributed by atoms with E-state index < -0.39 is 5.97 Å². The van der Waals surface area contributed by atoms with Crippen LogP contribution in [0.1, 0.15) is 42.1 Å². The summed E-state index contributed by atoms with van der Waals surface area (Å²) in [6, 6.07) is 11.6. The number of carbonyl (C=O) groups excluding carboxylic acids is 1. The lowest BCUT2D eigenvalue weighted by Crippen LogP contribution is -2.14. The van der Waals surface area contributed by atoms with E-state index >= 15 is 0 Å². The number of unbranched alkanes of at least 4 members (excludes halogenated alkanes) is 2. The number of rotatable bonds is 9. The minimum Gasteiger partial charge on any atom is -0.493 e. The molecule has 6 heteroatoms. The summed E-state index contributed by atoms with van der Waals surface area (Å²) < 4.78 is 5.73. The highest BCUT2D eigenvalue weighted by Crippen LogP contribution is 2.24. The number of ether oxygens (including phenoxy) is 1. The molecular formula is C20H22ClNO4. The van der Waals surface area contributed by atoms with Crippen LogP contribution < -0.4 is 10.1 Å². The number of halogens is 1. The van der Waals surface area contributed by atoms with Gasteiger partial charge in [0.2, 0.25) is 0 Å². The summed E-state index contributed by atoms with van der Waals surface area (Å²) >= 11 is 6.03. The van der Waals surface area contributed by atoms with E-state index in [1.165, 1.54) is 0 Å². The van der Waals surface area contributed by atoms with Crippen LogP contribution in [0, 0.1) is 0 Å². The SMILES string of the molecule is CCCCCOc1ccc(Cl)cc1C(=O)Nc1ccc(CC(=O)O)cc1. The molecule has 0 spiro atoms. The van der Waals surface area contributed by atoms with Gasteiger partial charge in [-0.2, -0.15) is 0 Å². The number of carboxylic acids is 1. The molecule has 0 aliphatic heterocycles. The van der Waals surface area contributed by atoms with Gasteiger partial charge in [0.25, 0.3) is 5.91 Å². The Balaban J connectivity index is 2.08. The third-order valence-electron chi connectivity index (χ3n) is 3.76. The molecule has 2 rings (SSSR count). The third kappa shape index (κ3) is 6.08. The maximum absolute atomic E-state index is 12.6. The highest BCUT2D eigenvalue weighted by molar-refractivity contribution is 6.31. The van der Waals surface area contributed by atoms with Crippen LogP contribution in [0.15, 0.2) is 42.5 Å². The van der Waals surface area contributed by atoms with Gasteiger partial charge in [0.05, 0.1) is 18.6 Å². The number of carbonyl (C=O) groups is 2. The fourth-order valence-electron chi connectivity index (χ4n) is 2.42. The number of nitrogens with one attached hydrogen (secondary N) is 1. The first-order valence-corrected chi connectivity index (χ1v) is 8.92. The van der Waals surface area contributed by atoms with E-state index in [1.807, 2.05) is 0 Å². The molecule has 0 saturated heterocycles. The summed E-state index contributed by atoms with van der Waals surface area (Å²) in [5, 5.41) is 12.0. The maximum atomic E-state index is 12.6. The van der Waals surface area contributed by atoms with E-state index in [0.29, 0.717) is 34.2 Å². The van der Waals surface area contributed by atoms with E-state index in [0.717, 1.165) is 19.3 Å². The van der Waals surface area contributed by atoms with Crippen LogP contribution in [0.3, 0.4) is 0 Å². The molecular weight excluding hydrogens is 354 g/mol. The first-order chi connectivity index (χ1) is 12.5. The average Bonchev–Trinajstić information content (AvgIpc) is 2.61. The smallest absolute Gasteiger partial charge is 0.307 e. The normalized spacial score (nSPS) is 10.4. The lowest BCUT2D eigenvalue weighted by atomic mass is 10.1. The molecule has 0 heterocycles. The van der Waals surface area contributed by atoms with Crippen molar-refractivity contribution in [3.05, 3.63) is 58.6 Å². The molecule has 5 nitrogen and oxygen atoms in total. The van der Waals surface area contributed by atoms with Crippen LogP contribution >= 0.6 is 11.6 Å². The van der Waals surface area contributed by atoms with E-state index in [9.17, 15) is 9.59 Å². The molecule has 1 amide bonds. The van der Waals surface area contributed by atoms with Crippen molar-refractivity contribution < 1.29 is 19.4 Å². The molecule has 0 aromatic heterocycles. The lowest BCUT2D eigenvalue weighted by Gasteiger charge is -2.12. The number of carboxylic acid groups (broad SMARTS) is 1. The standard InChI is InChI=1S/C20H22ClNO4/c1-2-3-4-11-26-18-10-7-15(21)13-17(18)20(25)22-16-8-5-14(6-9-16)12-19(23)24/h5-10,13H,2-4,11-12H2,1H3,(H,22,25)(H,23,24). The fourth-order valence-corrected chi connectivity index (χ4v) is 2.59. The number of amides is 1. The van der Waals surface area contributed by atoms with Crippen LogP contribution in [-0.4, -0.2) is 23.6 Å². The Bertz CT molecular complexity index is 759. The Kier molecular flexibility index (Phi) is 7.48. The van der Waals surface area contributed by atoms with Crippen molar-refractivity contribution in [2.45, 2.75) is 32.6 Å². The summed E-state index contributed by atoms with van der Waals surface area (Å²) in [4.78, 5) is 23.3. The minimum absolute atomic E-state index is 0.0573. The van der Waals surface area contributed by atoms with Gasteiger partial charge in [-0.15, -0.1) is 0 Å². The predicted octanol–water partition coefficient (Wildman–Crippen LogP) is 4.79. The number of hydrogen-bond acceptors (Lipinski definition) is 3. The number of hydrogen-bond donors (Lipinski definition) is 2. The van der Waals surface area contributed by atoms with E-state index in [4.69, 9.17) is 21.4 Å². The van der Waals surface area contributed by atoms with Crippen molar-refractivity contribution in [2.75, 3.05) is 11.9 Å². The second-order valence-corrected chi connectivity index (χ2v) is 6.35. The first kappa shape index (κ1) is 19.8. The molecule has 0 atom stereocenters. The molecule has 2 aromatic carbocycles. The Morgan fingerprint density at radius 3 is 2.50 bits per heavy atom. The van der Waals surface area contributed by atoms with Gasteiger partial charge in [0.15, 0.2) is 0 Å². The number of benzene rings is 2. The highest BCUT2D eigenvalue weighted by atomic mass is 35.5. The number of aliphatic carboxylic acids is 1. The molecule has 138 valence electrons. The van der Waals surface area contributed by atoms with Gasteiger partial charge < -0.3 is 15.2 Å². The van der Waals surface area contributed by atoms with Gasteiger partial charge in [-0.1, -0.05) is 43.5 Å². The quantitative estimate of drug-likeness (QED) is 0.618. The van der Waals surface area contributed by atoms with Crippen molar-refractivity contribution in [3.63, 3.8) is 0 Å². The second-order valence-electron chi connectivity index (χ2n) is 5.92. The second kappa shape index (κ2) is 9.82. The monoisotopic (exact) mass is 375 g/mol. The minimum atomic E-state index is -0.898.